The van der Waals surface area contributed by atoms with Gasteiger partial charge >= 0.3 is 5.97 Å². The first-order chi connectivity index (χ1) is 4.71. The van der Waals surface area contributed by atoms with Crippen molar-refractivity contribution in [1.29, 1.82) is 5.26 Å². The summed E-state index contributed by atoms with van der Waals surface area (Å²) in [7, 11) is 0. The minimum atomic E-state index is -0.805. The number of carboxylic acid groups (broad SMARTS) is 1. The quantitative estimate of drug-likeness (QED) is 0.624. The molecule has 0 amide bonds. The maximum Gasteiger partial charge on any atom is 0.310 e. The Balaban J connectivity index is 2.61. The van der Waals surface area contributed by atoms with Gasteiger partial charge in [0, 0.05) is 0 Å². The summed E-state index contributed by atoms with van der Waals surface area (Å²) in [4.78, 5) is 10.5. The molecule has 1 fully saturated rings. The van der Waals surface area contributed by atoms with Crippen LogP contribution < -0.4 is 0 Å². The van der Waals surface area contributed by atoms with Gasteiger partial charge in [0.2, 0.25) is 0 Å². The van der Waals surface area contributed by atoms with Crippen LogP contribution in [0.15, 0.2) is 0 Å². The lowest BCUT2D eigenvalue weighted by Crippen LogP contribution is -2.37. The second kappa shape index (κ2) is 2.30. The average molecular weight is 139 g/mol. The summed E-state index contributed by atoms with van der Waals surface area (Å²) < 4.78 is 0. The number of nitriles is 1. The van der Waals surface area contributed by atoms with Crippen molar-refractivity contribution in [2.75, 3.05) is 0 Å². The molecule has 0 bridgehead atoms. The van der Waals surface area contributed by atoms with Gasteiger partial charge in [0.25, 0.3) is 0 Å². The number of carboxylic acids is 1. The number of nitrogens with zero attached hydrogens (tertiary/aromatic N) is 1. The van der Waals surface area contributed by atoms with Crippen molar-refractivity contribution in [1.82, 2.24) is 0 Å². The van der Waals surface area contributed by atoms with E-state index in [-0.39, 0.29) is 6.42 Å². The molecule has 1 saturated carbocycles. The number of carbonyl (C=O) groups is 1. The molecule has 1 aliphatic rings. The van der Waals surface area contributed by atoms with Gasteiger partial charge in [-0.3, -0.25) is 4.79 Å². The van der Waals surface area contributed by atoms with Gasteiger partial charge in [-0.1, -0.05) is 6.42 Å². The average Bonchev–Trinajstić information content (AvgIpc) is 1.77. The molecule has 10 heavy (non-hydrogen) atoms. The molecule has 54 valence electrons. The fourth-order valence-corrected chi connectivity index (χ4v) is 1.22. The third kappa shape index (κ3) is 0.860. The topological polar surface area (TPSA) is 61.1 Å². The Morgan fingerprint density at radius 2 is 2.30 bits per heavy atom. The fraction of sp³-hybridized carbons (Fsp3) is 0.714. The second-order valence-corrected chi connectivity index (χ2v) is 2.77. The summed E-state index contributed by atoms with van der Waals surface area (Å²) in [5.74, 6) is -0.805. The van der Waals surface area contributed by atoms with E-state index in [1.165, 1.54) is 0 Å². The Hall–Kier alpha value is -1.04. The van der Waals surface area contributed by atoms with Crippen LogP contribution in [0.4, 0.5) is 0 Å². The fourth-order valence-electron chi connectivity index (χ4n) is 1.22. The van der Waals surface area contributed by atoms with Crippen LogP contribution in [0.5, 0.6) is 0 Å². The summed E-state index contributed by atoms with van der Waals surface area (Å²) in [5.41, 5.74) is -0.672. The highest BCUT2D eigenvalue weighted by Gasteiger charge is 2.43. The lowest BCUT2D eigenvalue weighted by Gasteiger charge is -2.35. The van der Waals surface area contributed by atoms with Crippen LogP contribution >= 0.6 is 0 Å². The third-order valence-electron chi connectivity index (χ3n) is 2.18. The van der Waals surface area contributed by atoms with Crippen molar-refractivity contribution in [3.05, 3.63) is 0 Å². The molecule has 3 heteroatoms. The molecular weight excluding hydrogens is 130 g/mol. The maximum atomic E-state index is 10.5. The van der Waals surface area contributed by atoms with Gasteiger partial charge < -0.3 is 5.11 Å². The monoisotopic (exact) mass is 139 g/mol. The Bertz CT molecular complexity index is 188. The van der Waals surface area contributed by atoms with E-state index < -0.39 is 11.4 Å². The highest BCUT2D eigenvalue weighted by Crippen LogP contribution is 2.43. The molecule has 0 aliphatic heterocycles. The van der Waals surface area contributed by atoms with Crippen molar-refractivity contribution >= 4 is 5.97 Å². The van der Waals surface area contributed by atoms with E-state index in [0.717, 1.165) is 6.42 Å². The first-order valence-electron chi connectivity index (χ1n) is 3.32. The van der Waals surface area contributed by atoms with Crippen LogP contribution in [0.2, 0.25) is 0 Å². The van der Waals surface area contributed by atoms with Crippen LogP contribution in [0.25, 0.3) is 0 Å². The molecule has 1 aliphatic carbocycles. The predicted molar refractivity (Wildman–Crippen MR) is 34.1 cm³/mol. The van der Waals surface area contributed by atoms with E-state index in [4.69, 9.17) is 10.4 Å². The van der Waals surface area contributed by atoms with Crippen molar-refractivity contribution in [2.45, 2.75) is 25.7 Å². The molecule has 0 atom stereocenters. The van der Waals surface area contributed by atoms with Crippen LogP contribution in [0.3, 0.4) is 0 Å². The normalized spacial score (nSPS) is 20.7. The van der Waals surface area contributed by atoms with Gasteiger partial charge in [0.05, 0.1) is 17.9 Å². The molecule has 0 aromatic carbocycles. The molecule has 0 radical (unpaired) electrons. The van der Waals surface area contributed by atoms with Gasteiger partial charge in [-0.2, -0.15) is 5.26 Å². The first-order valence-corrected chi connectivity index (χ1v) is 3.32. The summed E-state index contributed by atoms with van der Waals surface area (Å²) >= 11 is 0. The van der Waals surface area contributed by atoms with E-state index in [2.05, 4.69) is 0 Å². The maximum absolute atomic E-state index is 10.5. The van der Waals surface area contributed by atoms with Gasteiger partial charge in [-0.25, -0.2) is 0 Å². The van der Waals surface area contributed by atoms with Crippen LogP contribution in [0.1, 0.15) is 25.7 Å². The van der Waals surface area contributed by atoms with E-state index in [0.29, 0.717) is 12.8 Å². The van der Waals surface area contributed by atoms with E-state index in [9.17, 15) is 4.79 Å². The third-order valence-corrected chi connectivity index (χ3v) is 2.18. The van der Waals surface area contributed by atoms with Gasteiger partial charge in [0.15, 0.2) is 0 Å². The summed E-state index contributed by atoms with van der Waals surface area (Å²) in [6, 6.07) is 1.91. The molecule has 3 nitrogen and oxygen atoms in total. The molecule has 0 saturated heterocycles. The molecule has 0 aromatic heterocycles. The number of hydrogen-bond acceptors (Lipinski definition) is 2. The van der Waals surface area contributed by atoms with Crippen LogP contribution in [-0.2, 0) is 4.79 Å². The Labute approximate surface area is 59.3 Å². The Morgan fingerprint density at radius 3 is 2.40 bits per heavy atom. The highest BCUT2D eigenvalue weighted by atomic mass is 16.4. The summed E-state index contributed by atoms with van der Waals surface area (Å²) in [6.45, 7) is 0. The van der Waals surface area contributed by atoms with E-state index >= 15 is 0 Å². The van der Waals surface area contributed by atoms with E-state index in [1.54, 1.807) is 0 Å². The van der Waals surface area contributed by atoms with Gasteiger partial charge in [0.1, 0.15) is 0 Å². The zero-order valence-electron chi connectivity index (χ0n) is 5.63. The number of rotatable bonds is 2. The number of aliphatic carboxylic acids is 1. The van der Waals surface area contributed by atoms with Crippen molar-refractivity contribution in [3.63, 3.8) is 0 Å². The smallest absolute Gasteiger partial charge is 0.310 e. The summed E-state index contributed by atoms with van der Waals surface area (Å²) in [5, 5.41) is 17.0. The molecule has 0 aromatic rings. The Morgan fingerprint density at radius 1 is 1.70 bits per heavy atom. The molecule has 1 rings (SSSR count). The molecule has 0 unspecified atom stereocenters. The van der Waals surface area contributed by atoms with Crippen molar-refractivity contribution in [3.8, 4) is 6.07 Å². The first kappa shape index (κ1) is 7.07. The van der Waals surface area contributed by atoms with E-state index in [1.807, 2.05) is 6.07 Å². The molecular formula is C7H9NO2. The lowest BCUT2D eigenvalue weighted by atomic mass is 9.67. The number of hydrogen-bond donors (Lipinski definition) is 1. The van der Waals surface area contributed by atoms with Crippen LogP contribution in [-0.4, -0.2) is 11.1 Å². The SMILES string of the molecule is N#CCC1(C(=O)O)CCC1. The highest BCUT2D eigenvalue weighted by molar-refractivity contribution is 5.76. The zero-order valence-corrected chi connectivity index (χ0v) is 5.63. The standard InChI is InChI=1S/C7H9NO2/c8-5-4-7(6(9)10)2-1-3-7/h1-4H2,(H,9,10). The van der Waals surface area contributed by atoms with Gasteiger partial charge in [-0.15, -0.1) is 0 Å². The molecule has 1 N–H and O–H groups in total. The largest absolute Gasteiger partial charge is 0.481 e. The lowest BCUT2D eigenvalue weighted by molar-refractivity contribution is -0.154. The minimum absolute atomic E-state index is 0.169. The molecule has 0 heterocycles. The summed E-state index contributed by atoms with van der Waals surface area (Å²) in [6.07, 6.45) is 2.47. The van der Waals surface area contributed by atoms with Gasteiger partial charge in [-0.05, 0) is 12.8 Å². The second-order valence-electron chi connectivity index (χ2n) is 2.77. The molecule has 0 spiro atoms. The van der Waals surface area contributed by atoms with Crippen molar-refractivity contribution < 1.29 is 9.90 Å². The Kier molecular flexibility index (Phi) is 1.62. The minimum Gasteiger partial charge on any atom is -0.481 e. The zero-order chi connectivity index (χ0) is 7.61. The van der Waals surface area contributed by atoms with Crippen molar-refractivity contribution in [2.24, 2.45) is 5.41 Å². The van der Waals surface area contributed by atoms with Crippen LogP contribution in [0, 0.1) is 16.7 Å². The predicted octanol–water partition coefficient (Wildman–Crippen LogP) is 1.15.